The second-order valence-corrected chi connectivity index (χ2v) is 7.54. The number of hydrogen-bond acceptors (Lipinski definition) is 4. The van der Waals surface area contributed by atoms with Crippen molar-refractivity contribution in [1.82, 2.24) is 15.1 Å². The molecule has 1 aromatic carbocycles. The van der Waals surface area contributed by atoms with Crippen LogP contribution in [-0.2, 0) is 4.79 Å². The lowest BCUT2D eigenvalue weighted by atomic mass is 10.1. The predicted octanol–water partition coefficient (Wildman–Crippen LogP) is 2.67. The summed E-state index contributed by atoms with van der Waals surface area (Å²) in [5, 5.41) is 2.90. The largest absolute Gasteiger partial charge is 0.355 e. The van der Waals surface area contributed by atoms with Gasteiger partial charge in [-0.15, -0.1) is 0 Å². The maximum atomic E-state index is 12.4. The molecule has 0 atom stereocenters. The lowest BCUT2D eigenvalue weighted by Crippen LogP contribution is -2.38. The van der Waals surface area contributed by atoms with Gasteiger partial charge >= 0.3 is 0 Å². The molecule has 1 aliphatic rings. The maximum Gasteiger partial charge on any atom is 0.261 e. The number of rotatable bonds is 9. The molecule has 0 bridgehead atoms. The number of amides is 3. The van der Waals surface area contributed by atoms with Crippen LogP contribution in [0, 0.1) is 0 Å². The van der Waals surface area contributed by atoms with Gasteiger partial charge in [0.25, 0.3) is 11.8 Å². The molecule has 0 spiro atoms. The minimum absolute atomic E-state index is 0.0517. The number of nitrogens with one attached hydrogen (secondary N) is 1. The number of likely N-dealkylation sites (N-methyl/N-ethyl adjacent to an activating group) is 1. The first-order valence-corrected chi connectivity index (χ1v) is 9.81. The zero-order valence-electron chi connectivity index (χ0n) is 15.5. The molecule has 0 saturated carbocycles. The molecule has 7 heteroatoms. The molecule has 0 aliphatic carbocycles. The van der Waals surface area contributed by atoms with E-state index >= 15 is 0 Å². The molecule has 1 aliphatic heterocycles. The highest BCUT2D eigenvalue weighted by Gasteiger charge is 2.35. The van der Waals surface area contributed by atoms with E-state index in [0.29, 0.717) is 36.6 Å². The summed E-state index contributed by atoms with van der Waals surface area (Å²) in [5.41, 5.74) is 0.846. The molecule has 6 nitrogen and oxygen atoms in total. The fourth-order valence-electron chi connectivity index (χ4n) is 3.07. The third kappa shape index (κ3) is 4.92. The number of nitrogens with zero attached hydrogens (tertiary/aromatic N) is 2. The minimum atomic E-state index is -0.290. The van der Waals surface area contributed by atoms with Crippen LogP contribution >= 0.6 is 15.9 Å². The topological polar surface area (TPSA) is 69.7 Å². The Hall–Kier alpha value is -1.73. The van der Waals surface area contributed by atoms with Crippen molar-refractivity contribution in [3.63, 3.8) is 0 Å². The van der Waals surface area contributed by atoms with Gasteiger partial charge in [-0.05, 0) is 45.0 Å². The summed E-state index contributed by atoms with van der Waals surface area (Å²) in [4.78, 5) is 40.1. The van der Waals surface area contributed by atoms with E-state index in [1.165, 1.54) is 4.90 Å². The Morgan fingerprint density at radius 1 is 1.23 bits per heavy atom. The summed E-state index contributed by atoms with van der Waals surface area (Å²) in [6.07, 6.45) is 0.755. The van der Waals surface area contributed by atoms with Gasteiger partial charge in [-0.3, -0.25) is 24.2 Å². The number of carbonyl (C=O) groups excluding carboxylic acids is 3. The first kappa shape index (κ1) is 20.6. The summed E-state index contributed by atoms with van der Waals surface area (Å²) in [6, 6.07) is 5.51. The van der Waals surface area contributed by atoms with Crippen LogP contribution in [-0.4, -0.2) is 59.7 Å². The van der Waals surface area contributed by atoms with Crippen molar-refractivity contribution in [2.45, 2.75) is 39.7 Å². The number of benzene rings is 1. The van der Waals surface area contributed by atoms with Crippen LogP contribution < -0.4 is 5.32 Å². The summed E-state index contributed by atoms with van der Waals surface area (Å²) >= 11 is 3.31. The van der Waals surface area contributed by atoms with Crippen LogP contribution in [0.15, 0.2) is 22.7 Å². The molecule has 0 unspecified atom stereocenters. The number of imide groups is 1. The Labute approximate surface area is 163 Å². The Morgan fingerprint density at radius 2 is 1.92 bits per heavy atom. The molecule has 3 amide bonds. The Morgan fingerprint density at radius 3 is 2.58 bits per heavy atom. The first-order valence-electron chi connectivity index (χ1n) is 9.01. The molecule has 2 rings (SSSR count). The Balaban J connectivity index is 1.75. The molecule has 0 saturated heterocycles. The average Bonchev–Trinajstić information content (AvgIpc) is 2.82. The smallest absolute Gasteiger partial charge is 0.261 e. The van der Waals surface area contributed by atoms with Crippen molar-refractivity contribution in [2.75, 3.05) is 26.2 Å². The van der Waals surface area contributed by atoms with Gasteiger partial charge in [-0.25, -0.2) is 0 Å². The zero-order chi connectivity index (χ0) is 19.3. The van der Waals surface area contributed by atoms with Gasteiger partial charge < -0.3 is 5.32 Å². The fraction of sp³-hybridized carbons (Fsp3) is 0.526. The second kappa shape index (κ2) is 9.28. The van der Waals surface area contributed by atoms with Crippen LogP contribution in [0.3, 0.4) is 0 Å². The van der Waals surface area contributed by atoms with Crippen LogP contribution in [0.4, 0.5) is 0 Å². The van der Waals surface area contributed by atoms with Crippen LogP contribution in [0.1, 0.15) is 54.3 Å². The summed E-state index contributed by atoms with van der Waals surface area (Å²) in [7, 11) is 0. The van der Waals surface area contributed by atoms with Gasteiger partial charge in [0.05, 0.1) is 11.1 Å². The predicted molar refractivity (Wildman–Crippen MR) is 104 cm³/mol. The molecular weight excluding hydrogens is 398 g/mol. The van der Waals surface area contributed by atoms with E-state index in [2.05, 4.69) is 46.9 Å². The van der Waals surface area contributed by atoms with Crippen LogP contribution in [0.2, 0.25) is 0 Å². The van der Waals surface area contributed by atoms with Crippen molar-refractivity contribution in [2.24, 2.45) is 0 Å². The number of hydrogen-bond donors (Lipinski definition) is 1. The van der Waals surface area contributed by atoms with E-state index in [4.69, 9.17) is 0 Å². The number of carbonyl (C=O) groups is 3. The van der Waals surface area contributed by atoms with E-state index in [9.17, 15) is 14.4 Å². The van der Waals surface area contributed by atoms with Crippen molar-refractivity contribution in [3.8, 4) is 0 Å². The van der Waals surface area contributed by atoms with Crippen LogP contribution in [0.25, 0.3) is 0 Å². The standard InChI is InChI=1S/C19H26BrN3O3/c1-4-22(13(2)3)11-9-21-17(24)6-5-10-23-18(25)15-8-7-14(20)12-16(15)19(23)26/h7-8,12-13H,4-6,9-11H2,1-3H3,(H,21,24). The molecule has 0 fully saturated rings. The molecule has 142 valence electrons. The van der Waals surface area contributed by atoms with Gasteiger partial charge in [0.2, 0.25) is 5.91 Å². The van der Waals surface area contributed by atoms with E-state index in [1.54, 1.807) is 18.2 Å². The van der Waals surface area contributed by atoms with Gasteiger partial charge in [0.15, 0.2) is 0 Å². The quantitative estimate of drug-likeness (QED) is 0.619. The van der Waals surface area contributed by atoms with E-state index in [0.717, 1.165) is 17.6 Å². The minimum Gasteiger partial charge on any atom is -0.355 e. The molecule has 1 aromatic rings. The zero-order valence-corrected chi connectivity index (χ0v) is 17.1. The average molecular weight is 424 g/mol. The maximum absolute atomic E-state index is 12.4. The van der Waals surface area contributed by atoms with Crippen molar-refractivity contribution < 1.29 is 14.4 Å². The highest BCUT2D eigenvalue weighted by atomic mass is 79.9. The number of halogens is 1. The van der Waals surface area contributed by atoms with Gasteiger partial charge in [0.1, 0.15) is 0 Å². The molecule has 0 radical (unpaired) electrons. The van der Waals surface area contributed by atoms with E-state index < -0.39 is 0 Å². The lowest BCUT2D eigenvalue weighted by Gasteiger charge is -2.24. The highest BCUT2D eigenvalue weighted by Crippen LogP contribution is 2.26. The highest BCUT2D eigenvalue weighted by molar-refractivity contribution is 9.10. The van der Waals surface area contributed by atoms with E-state index in [-0.39, 0.29) is 24.3 Å². The monoisotopic (exact) mass is 423 g/mol. The summed E-state index contributed by atoms with van der Waals surface area (Å²) in [6.45, 7) is 8.98. The third-order valence-electron chi connectivity index (χ3n) is 4.58. The third-order valence-corrected chi connectivity index (χ3v) is 5.07. The van der Waals surface area contributed by atoms with Crippen LogP contribution in [0.5, 0.6) is 0 Å². The molecule has 26 heavy (non-hydrogen) atoms. The molecule has 1 heterocycles. The molecule has 1 N–H and O–H groups in total. The SMILES string of the molecule is CCN(CCNC(=O)CCCN1C(=O)c2ccc(Br)cc2C1=O)C(C)C. The van der Waals surface area contributed by atoms with Crippen molar-refractivity contribution in [1.29, 1.82) is 0 Å². The molecular formula is C19H26BrN3O3. The van der Waals surface area contributed by atoms with Gasteiger partial charge in [0, 0.05) is 36.6 Å². The first-order chi connectivity index (χ1) is 12.3. The normalized spacial score (nSPS) is 13.7. The fourth-order valence-corrected chi connectivity index (χ4v) is 3.43. The second-order valence-electron chi connectivity index (χ2n) is 6.63. The summed E-state index contributed by atoms with van der Waals surface area (Å²) in [5.74, 6) is -0.625. The Kier molecular flexibility index (Phi) is 7.34. The van der Waals surface area contributed by atoms with Crippen molar-refractivity contribution >= 4 is 33.7 Å². The summed E-state index contributed by atoms with van der Waals surface area (Å²) < 4.78 is 0.765. The Bertz CT molecular complexity index is 691. The van der Waals surface area contributed by atoms with E-state index in [1.807, 2.05) is 0 Å². The van der Waals surface area contributed by atoms with Gasteiger partial charge in [-0.1, -0.05) is 22.9 Å². The lowest BCUT2D eigenvalue weighted by molar-refractivity contribution is -0.121. The molecule has 0 aromatic heterocycles. The van der Waals surface area contributed by atoms with Gasteiger partial charge in [-0.2, -0.15) is 0 Å². The van der Waals surface area contributed by atoms with Crippen molar-refractivity contribution in [3.05, 3.63) is 33.8 Å². The number of fused-ring (bicyclic) bond motifs is 1.